The van der Waals surface area contributed by atoms with Gasteiger partial charge < -0.3 is 5.73 Å². The highest BCUT2D eigenvalue weighted by Gasteiger charge is 2.17. The third kappa shape index (κ3) is 3.20. The molecular weight excluding hydrogens is 238 g/mol. The van der Waals surface area contributed by atoms with Crippen molar-refractivity contribution in [1.29, 1.82) is 0 Å². The number of aromatic nitrogens is 1. The number of thioether (sulfide) groups is 1. The Hall–Kier alpha value is -0.100. The Kier molecular flexibility index (Phi) is 4.24. The molecule has 0 radical (unpaired) electrons. The molecule has 1 aliphatic rings. The van der Waals surface area contributed by atoms with E-state index in [-0.39, 0.29) is 6.04 Å². The molecule has 0 spiro atoms. The van der Waals surface area contributed by atoms with Crippen LogP contribution < -0.4 is 5.73 Å². The summed E-state index contributed by atoms with van der Waals surface area (Å²) in [5.74, 6) is 1.24. The van der Waals surface area contributed by atoms with Gasteiger partial charge in [0.15, 0.2) is 0 Å². The van der Waals surface area contributed by atoms with Crippen LogP contribution in [0.5, 0.6) is 0 Å². The molecule has 0 aromatic carbocycles. The van der Waals surface area contributed by atoms with E-state index in [1.54, 1.807) is 11.3 Å². The molecule has 0 saturated carbocycles. The Bertz CT molecular complexity index is 338. The van der Waals surface area contributed by atoms with Gasteiger partial charge in [-0.05, 0) is 6.92 Å². The van der Waals surface area contributed by atoms with Gasteiger partial charge in [-0.3, -0.25) is 4.90 Å². The largest absolute Gasteiger partial charge is 0.322 e. The summed E-state index contributed by atoms with van der Waals surface area (Å²) in [5, 5.41) is 3.94. The van der Waals surface area contributed by atoms with Gasteiger partial charge in [0.1, 0.15) is 5.01 Å². The molecule has 3 nitrogen and oxygen atoms in total. The van der Waals surface area contributed by atoms with Crippen molar-refractivity contribution in [2.75, 3.05) is 18.8 Å². The van der Waals surface area contributed by atoms with Crippen LogP contribution in [-0.4, -0.2) is 34.0 Å². The zero-order valence-corrected chi connectivity index (χ0v) is 11.5. The first-order chi connectivity index (χ1) is 7.65. The summed E-state index contributed by atoms with van der Waals surface area (Å²) in [4.78, 5) is 7.06. The molecule has 2 unspecified atom stereocenters. The van der Waals surface area contributed by atoms with E-state index in [4.69, 9.17) is 5.73 Å². The third-order valence-electron chi connectivity index (χ3n) is 2.67. The van der Waals surface area contributed by atoms with E-state index in [2.05, 4.69) is 33.9 Å². The molecule has 2 rings (SSSR count). The minimum Gasteiger partial charge on any atom is -0.322 e. The molecule has 16 heavy (non-hydrogen) atoms. The van der Waals surface area contributed by atoms with Crippen molar-refractivity contribution in [2.45, 2.75) is 31.7 Å². The van der Waals surface area contributed by atoms with Crippen molar-refractivity contribution in [3.63, 3.8) is 0 Å². The molecule has 1 saturated heterocycles. The third-order valence-corrected chi connectivity index (χ3v) is 4.90. The van der Waals surface area contributed by atoms with Gasteiger partial charge in [-0.25, -0.2) is 4.98 Å². The van der Waals surface area contributed by atoms with E-state index < -0.39 is 0 Å². The first kappa shape index (κ1) is 12.4. The predicted molar refractivity (Wildman–Crippen MR) is 71.9 cm³/mol. The van der Waals surface area contributed by atoms with Crippen molar-refractivity contribution in [1.82, 2.24) is 9.88 Å². The fourth-order valence-corrected chi connectivity index (χ4v) is 3.72. The summed E-state index contributed by atoms with van der Waals surface area (Å²) in [5.41, 5.74) is 6.99. The first-order valence-corrected chi connectivity index (χ1v) is 7.62. The lowest BCUT2D eigenvalue weighted by Crippen LogP contribution is -2.36. The van der Waals surface area contributed by atoms with Gasteiger partial charge in [-0.15, -0.1) is 11.3 Å². The Labute approximate surface area is 105 Å². The minimum absolute atomic E-state index is 0.0644. The number of nitrogens with zero attached hydrogens (tertiary/aromatic N) is 2. The highest BCUT2D eigenvalue weighted by atomic mass is 32.2. The number of hydrogen-bond donors (Lipinski definition) is 1. The zero-order chi connectivity index (χ0) is 11.5. The Morgan fingerprint density at radius 2 is 2.50 bits per heavy atom. The number of thiazole rings is 1. The van der Waals surface area contributed by atoms with Crippen LogP contribution in [0, 0.1) is 0 Å². The van der Waals surface area contributed by atoms with Gasteiger partial charge in [-0.1, -0.05) is 6.92 Å². The number of nitrogens with two attached hydrogens (primary N) is 1. The Balaban J connectivity index is 1.92. The Morgan fingerprint density at radius 3 is 3.12 bits per heavy atom. The maximum absolute atomic E-state index is 5.81. The highest BCUT2D eigenvalue weighted by Crippen LogP contribution is 2.21. The van der Waals surface area contributed by atoms with Gasteiger partial charge in [0, 0.05) is 36.0 Å². The van der Waals surface area contributed by atoms with E-state index in [1.165, 1.54) is 24.5 Å². The molecule has 0 bridgehead atoms. The SMILES string of the molecule is CC1CN(Cc2csc(C(C)N)n2)CCS1. The first-order valence-electron chi connectivity index (χ1n) is 5.69. The van der Waals surface area contributed by atoms with Crippen molar-refractivity contribution in [2.24, 2.45) is 5.73 Å². The van der Waals surface area contributed by atoms with Crippen molar-refractivity contribution < 1.29 is 0 Å². The number of rotatable bonds is 3. The smallest absolute Gasteiger partial charge is 0.109 e. The van der Waals surface area contributed by atoms with Gasteiger partial charge in [0.25, 0.3) is 0 Å². The van der Waals surface area contributed by atoms with Crippen molar-refractivity contribution in [3.8, 4) is 0 Å². The standard InChI is InChI=1S/C11H19N3S2/c1-8-5-14(3-4-15-8)6-10-7-16-11(13-10)9(2)12/h7-9H,3-6,12H2,1-2H3. The second-order valence-electron chi connectivity index (χ2n) is 4.38. The van der Waals surface area contributed by atoms with Crippen LogP contribution in [0.4, 0.5) is 0 Å². The van der Waals surface area contributed by atoms with Crippen LogP contribution >= 0.6 is 23.1 Å². The van der Waals surface area contributed by atoms with Crippen LogP contribution in [0.1, 0.15) is 30.6 Å². The molecule has 0 aliphatic carbocycles. The van der Waals surface area contributed by atoms with E-state index in [0.717, 1.165) is 16.8 Å². The molecule has 5 heteroatoms. The average molecular weight is 257 g/mol. The lowest BCUT2D eigenvalue weighted by molar-refractivity contribution is 0.275. The molecule has 2 atom stereocenters. The number of hydrogen-bond acceptors (Lipinski definition) is 5. The van der Waals surface area contributed by atoms with Crippen molar-refractivity contribution in [3.05, 3.63) is 16.1 Å². The minimum atomic E-state index is 0.0644. The topological polar surface area (TPSA) is 42.1 Å². The molecule has 90 valence electrons. The van der Waals surface area contributed by atoms with Crippen LogP contribution in [0.2, 0.25) is 0 Å². The fraction of sp³-hybridized carbons (Fsp3) is 0.727. The molecule has 0 amide bonds. The predicted octanol–water partition coefficient (Wildman–Crippen LogP) is 2.10. The van der Waals surface area contributed by atoms with Gasteiger partial charge in [0.05, 0.1) is 11.7 Å². The van der Waals surface area contributed by atoms with Gasteiger partial charge in [0.2, 0.25) is 0 Å². The van der Waals surface area contributed by atoms with E-state index in [9.17, 15) is 0 Å². The summed E-state index contributed by atoms with van der Waals surface area (Å²) >= 11 is 3.74. The summed E-state index contributed by atoms with van der Waals surface area (Å²) in [6.07, 6.45) is 0. The summed E-state index contributed by atoms with van der Waals surface area (Å²) in [6, 6.07) is 0.0644. The summed E-state index contributed by atoms with van der Waals surface area (Å²) in [7, 11) is 0. The van der Waals surface area contributed by atoms with Crippen molar-refractivity contribution >= 4 is 23.1 Å². The van der Waals surface area contributed by atoms with Crippen LogP contribution in [0.25, 0.3) is 0 Å². The summed E-state index contributed by atoms with van der Waals surface area (Å²) < 4.78 is 0. The van der Waals surface area contributed by atoms with E-state index >= 15 is 0 Å². The second-order valence-corrected chi connectivity index (χ2v) is 6.82. The van der Waals surface area contributed by atoms with Gasteiger partial charge in [-0.2, -0.15) is 11.8 Å². The van der Waals surface area contributed by atoms with Crippen LogP contribution in [-0.2, 0) is 6.54 Å². The van der Waals surface area contributed by atoms with Gasteiger partial charge >= 0.3 is 0 Å². The van der Waals surface area contributed by atoms with E-state index in [0.29, 0.717) is 0 Å². The quantitative estimate of drug-likeness (QED) is 0.900. The monoisotopic (exact) mass is 257 g/mol. The molecule has 1 fully saturated rings. The average Bonchev–Trinajstić information content (AvgIpc) is 2.66. The second kappa shape index (κ2) is 5.49. The molecular formula is C11H19N3S2. The molecule has 2 heterocycles. The maximum Gasteiger partial charge on any atom is 0.109 e. The molecule has 2 N–H and O–H groups in total. The summed E-state index contributed by atoms with van der Waals surface area (Å²) in [6.45, 7) is 7.62. The Morgan fingerprint density at radius 1 is 1.69 bits per heavy atom. The molecule has 1 aliphatic heterocycles. The maximum atomic E-state index is 5.81. The normalized spacial score (nSPS) is 24.6. The lowest BCUT2D eigenvalue weighted by atomic mass is 10.3. The van der Waals surface area contributed by atoms with Crippen LogP contribution in [0.3, 0.4) is 0 Å². The lowest BCUT2D eigenvalue weighted by Gasteiger charge is -2.29. The van der Waals surface area contributed by atoms with E-state index in [1.807, 2.05) is 6.92 Å². The molecule has 1 aromatic rings. The fourth-order valence-electron chi connectivity index (χ4n) is 1.87. The van der Waals surface area contributed by atoms with Crippen LogP contribution in [0.15, 0.2) is 5.38 Å². The zero-order valence-electron chi connectivity index (χ0n) is 9.85. The highest BCUT2D eigenvalue weighted by molar-refractivity contribution is 7.99. The molecule has 1 aromatic heterocycles.